The maximum atomic E-state index is 12.4. The Morgan fingerprint density at radius 1 is 0.895 bits per heavy atom. The zero-order valence-corrected chi connectivity index (χ0v) is 22.3. The average molecular weight is 522 g/mol. The molecule has 0 amide bonds. The minimum Gasteiger partial charge on any atom is -0.497 e. The van der Waals surface area contributed by atoms with E-state index in [9.17, 15) is 9.90 Å². The summed E-state index contributed by atoms with van der Waals surface area (Å²) in [5.74, 6) is 1.90. The van der Waals surface area contributed by atoms with Crippen molar-refractivity contribution < 1.29 is 33.6 Å². The van der Waals surface area contributed by atoms with Crippen molar-refractivity contribution in [1.82, 2.24) is 4.90 Å². The van der Waals surface area contributed by atoms with Crippen LogP contribution in [0.1, 0.15) is 42.0 Å². The van der Waals surface area contributed by atoms with Crippen LogP contribution >= 0.6 is 0 Å². The van der Waals surface area contributed by atoms with Gasteiger partial charge in [-0.1, -0.05) is 36.8 Å². The van der Waals surface area contributed by atoms with Crippen LogP contribution in [0.15, 0.2) is 60.7 Å². The summed E-state index contributed by atoms with van der Waals surface area (Å²) in [6.07, 6.45) is 2.30. The van der Waals surface area contributed by atoms with Crippen molar-refractivity contribution in [3.05, 3.63) is 77.4 Å². The van der Waals surface area contributed by atoms with Gasteiger partial charge in [-0.25, -0.2) is 0 Å². The van der Waals surface area contributed by atoms with E-state index in [2.05, 4.69) is 0 Å². The van der Waals surface area contributed by atoms with Crippen molar-refractivity contribution in [1.29, 1.82) is 0 Å². The second-order valence-corrected chi connectivity index (χ2v) is 9.13. The highest BCUT2D eigenvalue weighted by atomic mass is 16.5. The number of carbonyl (C=O) groups is 1. The first kappa shape index (κ1) is 27.1. The maximum Gasteiger partial charge on any atom is 0.320 e. The lowest BCUT2D eigenvalue weighted by Gasteiger charge is -2.40. The fourth-order valence-electron chi connectivity index (χ4n) is 5.06. The minimum atomic E-state index is -0.849. The van der Waals surface area contributed by atoms with Gasteiger partial charge in [0.05, 0.1) is 34.5 Å². The van der Waals surface area contributed by atoms with Gasteiger partial charge in [0.2, 0.25) is 5.75 Å². The first-order chi connectivity index (χ1) is 18.5. The van der Waals surface area contributed by atoms with E-state index >= 15 is 0 Å². The fraction of sp³-hybridized carbons (Fsp3) is 0.367. The van der Waals surface area contributed by atoms with E-state index in [-0.39, 0.29) is 0 Å². The highest BCUT2D eigenvalue weighted by Crippen LogP contribution is 2.46. The van der Waals surface area contributed by atoms with Crippen LogP contribution in [-0.2, 0) is 11.4 Å². The minimum absolute atomic E-state index is 0.341. The lowest BCUT2D eigenvalue weighted by molar-refractivity contribution is -0.145. The molecule has 1 saturated heterocycles. The fourth-order valence-corrected chi connectivity index (χ4v) is 5.06. The molecule has 0 spiro atoms. The topological polar surface area (TPSA) is 86.7 Å². The number of hydrogen-bond donors (Lipinski definition) is 1. The summed E-state index contributed by atoms with van der Waals surface area (Å²) in [7, 11) is 6.37. The molecule has 38 heavy (non-hydrogen) atoms. The Labute approximate surface area is 223 Å². The normalized spacial score (nSPS) is 16.4. The van der Waals surface area contributed by atoms with Crippen LogP contribution in [0.2, 0.25) is 0 Å². The van der Waals surface area contributed by atoms with Crippen molar-refractivity contribution in [2.24, 2.45) is 0 Å². The van der Waals surface area contributed by atoms with E-state index in [1.165, 1.54) is 0 Å². The van der Waals surface area contributed by atoms with Crippen molar-refractivity contribution >= 4 is 5.97 Å². The van der Waals surface area contributed by atoms with Gasteiger partial charge in [-0.2, -0.15) is 0 Å². The van der Waals surface area contributed by atoms with E-state index in [0.717, 1.165) is 29.5 Å². The molecule has 202 valence electrons. The summed E-state index contributed by atoms with van der Waals surface area (Å²) in [6.45, 7) is 0.951. The van der Waals surface area contributed by atoms with Crippen molar-refractivity contribution in [2.45, 2.75) is 38.0 Å². The largest absolute Gasteiger partial charge is 0.497 e. The smallest absolute Gasteiger partial charge is 0.320 e. The Bertz CT molecular complexity index is 1210. The van der Waals surface area contributed by atoms with Gasteiger partial charge >= 0.3 is 5.97 Å². The van der Waals surface area contributed by atoms with E-state index in [1.54, 1.807) is 28.4 Å². The molecular formula is C30H35NO7. The van der Waals surface area contributed by atoms with E-state index in [1.807, 2.05) is 65.6 Å². The summed E-state index contributed by atoms with van der Waals surface area (Å²) in [6, 6.07) is 18.1. The molecule has 0 radical (unpaired) electrons. The lowest BCUT2D eigenvalue weighted by atomic mass is 9.90. The zero-order chi connectivity index (χ0) is 27.1. The number of carboxylic acids is 1. The number of benzene rings is 3. The van der Waals surface area contributed by atoms with Gasteiger partial charge in [0, 0.05) is 5.56 Å². The maximum absolute atomic E-state index is 12.4. The molecule has 1 aliphatic rings. The van der Waals surface area contributed by atoms with Gasteiger partial charge in [0.1, 0.15) is 24.1 Å². The van der Waals surface area contributed by atoms with Crippen molar-refractivity contribution in [2.75, 3.05) is 35.0 Å². The van der Waals surface area contributed by atoms with Crippen LogP contribution < -0.4 is 23.7 Å². The standard InChI is InChI=1S/C30H35NO7/c1-34-22-13-14-25(35-2)23(18-22)28(31-15-9-8-12-24(31)30(32)33)21-16-26(36-3)29(27(17-21)37-4)38-19-20-10-6-5-7-11-20/h5-7,10-11,13-14,16-18,24,28H,8-9,12,15,19H2,1-4H3,(H,32,33). The second kappa shape index (κ2) is 12.6. The number of carboxylic acid groups (broad SMARTS) is 1. The molecule has 0 aliphatic carbocycles. The molecule has 1 N–H and O–H groups in total. The summed E-state index contributed by atoms with van der Waals surface area (Å²) in [5, 5.41) is 10.1. The number of ether oxygens (including phenoxy) is 5. The molecule has 2 unspecified atom stereocenters. The summed E-state index contributed by atoms with van der Waals surface area (Å²) in [4.78, 5) is 14.4. The lowest BCUT2D eigenvalue weighted by Crippen LogP contribution is -2.47. The molecule has 0 saturated carbocycles. The molecule has 8 heteroatoms. The molecule has 8 nitrogen and oxygen atoms in total. The first-order valence-electron chi connectivity index (χ1n) is 12.6. The molecule has 0 bridgehead atoms. The number of nitrogens with zero attached hydrogens (tertiary/aromatic N) is 1. The number of methoxy groups -OCH3 is 4. The predicted molar refractivity (Wildman–Crippen MR) is 144 cm³/mol. The van der Waals surface area contributed by atoms with Crippen LogP contribution in [0.4, 0.5) is 0 Å². The molecule has 1 aliphatic heterocycles. The molecule has 3 aromatic carbocycles. The average Bonchev–Trinajstić information content (AvgIpc) is 2.96. The van der Waals surface area contributed by atoms with Crippen LogP contribution in [0, 0.1) is 0 Å². The van der Waals surface area contributed by atoms with Crippen LogP contribution in [0.3, 0.4) is 0 Å². The van der Waals surface area contributed by atoms with Crippen LogP contribution in [0.5, 0.6) is 28.7 Å². The van der Waals surface area contributed by atoms with E-state index in [4.69, 9.17) is 23.7 Å². The summed E-state index contributed by atoms with van der Waals surface area (Å²) >= 11 is 0. The number of aliphatic carboxylic acids is 1. The van der Waals surface area contributed by atoms with Crippen molar-refractivity contribution in [3.8, 4) is 28.7 Å². The molecule has 4 rings (SSSR count). The summed E-state index contributed by atoms with van der Waals surface area (Å²) < 4.78 is 29.0. The number of rotatable bonds is 11. The van der Waals surface area contributed by atoms with Gasteiger partial charge < -0.3 is 28.8 Å². The van der Waals surface area contributed by atoms with Gasteiger partial charge in [-0.3, -0.25) is 9.69 Å². The molecule has 1 fully saturated rings. The Morgan fingerprint density at radius 3 is 2.18 bits per heavy atom. The Balaban J connectivity index is 1.85. The Morgan fingerprint density at radius 2 is 1.58 bits per heavy atom. The Kier molecular flexibility index (Phi) is 8.97. The first-order valence-corrected chi connectivity index (χ1v) is 12.6. The second-order valence-electron chi connectivity index (χ2n) is 9.13. The SMILES string of the molecule is COc1ccc(OC)c(C(c2cc(OC)c(OCc3ccccc3)c(OC)c2)N2CCCCC2C(=O)O)c1. The van der Waals surface area contributed by atoms with E-state index < -0.39 is 18.1 Å². The number of likely N-dealkylation sites (tertiary alicyclic amines) is 1. The van der Waals surface area contributed by atoms with Crippen molar-refractivity contribution in [3.63, 3.8) is 0 Å². The molecule has 0 aromatic heterocycles. The third-order valence-corrected chi connectivity index (χ3v) is 6.92. The third-order valence-electron chi connectivity index (χ3n) is 6.92. The van der Waals surface area contributed by atoms with Gasteiger partial charge in [-0.05, 0) is 60.8 Å². The molecule has 3 aromatic rings. The number of hydrogen-bond acceptors (Lipinski definition) is 7. The monoisotopic (exact) mass is 521 g/mol. The van der Waals surface area contributed by atoms with E-state index in [0.29, 0.717) is 48.3 Å². The predicted octanol–water partition coefficient (Wildman–Crippen LogP) is 5.33. The van der Waals surface area contributed by atoms with Crippen LogP contribution in [-0.4, -0.2) is 57.0 Å². The Hall–Kier alpha value is -3.91. The zero-order valence-electron chi connectivity index (χ0n) is 22.3. The number of piperidine rings is 1. The van der Waals surface area contributed by atoms with Gasteiger partial charge in [0.25, 0.3) is 0 Å². The third kappa shape index (κ3) is 5.81. The highest BCUT2D eigenvalue weighted by molar-refractivity contribution is 5.74. The quantitative estimate of drug-likeness (QED) is 0.362. The van der Waals surface area contributed by atoms with Gasteiger partial charge in [0.15, 0.2) is 11.5 Å². The molecule has 2 atom stereocenters. The van der Waals surface area contributed by atoms with Gasteiger partial charge in [-0.15, -0.1) is 0 Å². The molecular weight excluding hydrogens is 486 g/mol. The summed E-state index contributed by atoms with van der Waals surface area (Å²) in [5.41, 5.74) is 2.60. The highest BCUT2D eigenvalue weighted by Gasteiger charge is 2.37. The van der Waals surface area contributed by atoms with Crippen LogP contribution in [0.25, 0.3) is 0 Å². The molecule has 1 heterocycles.